The molecule has 1 aromatic rings. The lowest BCUT2D eigenvalue weighted by Crippen LogP contribution is -2.39. The second kappa shape index (κ2) is 7.74. The van der Waals surface area contributed by atoms with Gasteiger partial charge >= 0.3 is 0 Å². The van der Waals surface area contributed by atoms with Crippen molar-refractivity contribution in [2.24, 2.45) is 0 Å². The first-order valence-corrected chi connectivity index (χ1v) is 8.11. The monoisotopic (exact) mass is 339 g/mol. The number of rotatable bonds is 5. The first kappa shape index (κ1) is 15.4. The third-order valence-corrected chi connectivity index (χ3v) is 4.24. The predicted molar refractivity (Wildman–Crippen MR) is 83.8 cm³/mol. The van der Waals surface area contributed by atoms with Gasteiger partial charge in [-0.1, -0.05) is 12.5 Å². The molecule has 4 nitrogen and oxygen atoms in total. The second-order valence-electron chi connectivity index (χ2n) is 5.34. The molecule has 2 heterocycles. The van der Waals surface area contributed by atoms with Gasteiger partial charge in [-0.3, -0.25) is 4.79 Å². The number of halogens is 1. The average Bonchev–Trinajstić information content (AvgIpc) is 2.45. The molecule has 1 fully saturated rings. The van der Waals surface area contributed by atoms with Gasteiger partial charge in [0.05, 0.1) is 0 Å². The van der Waals surface area contributed by atoms with Crippen molar-refractivity contribution in [3.05, 3.63) is 28.5 Å². The molecule has 0 aliphatic carbocycles. The Labute approximate surface area is 129 Å². The van der Waals surface area contributed by atoms with E-state index < -0.39 is 0 Å². The molecular weight excluding hydrogens is 318 g/mol. The van der Waals surface area contributed by atoms with Gasteiger partial charge in [-0.25, -0.2) is 4.98 Å². The molecule has 5 heteroatoms. The third kappa shape index (κ3) is 4.56. The van der Waals surface area contributed by atoms with Crippen molar-refractivity contribution >= 4 is 21.8 Å². The number of piperidine rings is 1. The Kier molecular flexibility index (Phi) is 5.98. The second-order valence-corrected chi connectivity index (χ2v) is 6.15. The molecule has 0 aromatic carbocycles. The van der Waals surface area contributed by atoms with E-state index in [1.807, 2.05) is 12.1 Å². The van der Waals surface area contributed by atoms with Crippen molar-refractivity contribution in [3.63, 3.8) is 0 Å². The normalized spacial score (nSPS) is 19.8. The van der Waals surface area contributed by atoms with Crippen LogP contribution in [-0.2, 0) is 0 Å². The lowest BCUT2D eigenvalue weighted by atomic mass is 10.0. The molecule has 1 N–H and O–H groups in total. The van der Waals surface area contributed by atoms with Crippen LogP contribution in [0.15, 0.2) is 22.8 Å². The molecule has 110 valence electrons. The van der Waals surface area contributed by atoms with Crippen molar-refractivity contribution in [3.8, 4) is 0 Å². The number of amides is 1. The standard InChI is InChI=1S/C15H22BrN3O/c1-12-6-2-3-10-19(12)11-5-9-17-15(20)13-7-4-8-14(16)18-13/h4,7-8,12H,2-3,5-6,9-11H2,1H3,(H,17,20). The van der Waals surface area contributed by atoms with Crippen LogP contribution in [0.3, 0.4) is 0 Å². The minimum absolute atomic E-state index is 0.0991. The van der Waals surface area contributed by atoms with Crippen molar-refractivity contribution in [2.45, 2.75) is 38.6 Å². The summed E-state index contributed by atoms with van der Waals surface area (Å²) in [7, 11) is 0. The molecular formula is C15H22BrN3O. The number of nitrogens with zero attached hydrogens (tertiary/aromatic N) is 2. The summed E-state index contributed by atoms with van der Waals surface area (Å²) in [6.45, 7) is 5.26. The number of likely N-dealkylation sites (tertiary alicyclic amines) is 1. The largest absolute Gasteiger partial charge is 0.351 e. The molecule has 1 saturated heterocycles. The summed E-state index contributed by atoms with van der Waals surface area (Å²) in [6, 6.07) is 6.05. The topological polar surface area (TPSA) is 45.2 Å². The van der Waals surface area contributed by atoms with E-state index in [4.69, 9.17) is 0 Å². The molecule has 1 atom stereocenters. The zero-order chi connectivity index (χ0) is 14.4. The van der Waals surface area contributed by atoms with Crippen LogP contribution in [0, 0.1) is 0 Å². The first-order chi connectivity index (χ1) is 9.66. The molecule has 0 saturated carbocycles. The fraction of sp³-hybridized carbons (Fsp3) is 0.600. The minimum Gasteiger partial charge on any atom is -0.351 e. The summed E-state index contributed by atoms with van der Waals surface area (Å²) >= 11 is 3.27. The van der Waals surface area contributed by atoms with Crippen LogP contribution in [-0.4, -0.2) is 41.5 Å². The van der Waals surface area contributed by atoms with Crippen LogP contribution in [0.25, 0.3) is 0 Å². The van der Waals surface area contributed by atoms with Gasteiger partial charge in [0.15, 0.2) is 0 Å². The predicted octanol–water partition coefficient (Wildman–Crippen LogP) is 2.84. The molecule has 1 aliphatic heterocycles. The number of hydrogen-bond donors (Lipinski definition) is 1. The SMILES string of the molecule is CC1CCCCN1CCCNC(=O)c1cccc(Br)n1. The van der Waals surface area contributed by atoms with E-state index in [-0.39, 0.29) is 5.91 Å². The van der Waals surface area contributed by atoms with E-state index in [1.54, 1.807) is 6.07 Å². The molecule has 2 rings (SSSR count). The number of carbonyl (C=O) groups excluding carboxylic acids is 1. The number of nitrogens with one attached hydrogen (secondary N) is 1. The molecule has 1 aromatic heterocycles. The van der Waals surface area contributed by atoms with Gasteiger partial charge in [0.1, 0.15) is 10.3 Å². The lowest BCUT2D eigenvalue weighted by Gasteiger charge is -2.33. The van der Waals surface area contributed by atoms with Crippen molar-refractivity contribution in [2.75, 3.05) is 19.6 Å². The van der Waals surface area contributed by atoms with E-state index in [9.17, 15) is 4.79 Å². The van der Waals surface area contributed by atoms with Gasteiger partial charge < -0.3 is 10.2 Å². The van der Waals surface area contributed by atoms with E-state index in [0.717, 1.165) is 13.0 Å². The highest BCUT2D eigenvalue weighted by Crippen LogP contribution is 2.16. The van der Waals surface area contributed by atoms with Gasteiger partial charge in [0.2, 0.25) is 0 Å². The van der Waals surface area contributed by atoms with Crippen LogP contribution in [0.2, 0.25) is 0 Å². The Morgan fingerprint density at radius 1 is 1.50 bits per heavy atom. The maximum Gasteiger partial charge on any atom is 0.269 e. The summed E-state index contributed by atoms with van der Waals surface area (Å²) in [5.41, 5.74) is 0.464. The van der Waals surface area contributed by atoms with Crippen molar-refractivity contribution in [1.29, 1.82) is 0 Å². The van der Waals surface area contributed by atoms with Crippen molar-refractivity contribution in [1.82, 2.24) is 15.2 Å². The van der Waals surface area contributed by atoms with E-state index >= 15 is 0 Å². The quantitative estimate of drug-likeness (QED) is 0.662. The van der Waals surface area contributed by atoms with Crippen LogP contribution >= 0.6 is 15.9 Å². The number of aromatic nitrogens is 1. The summed E-state index contributed by atoms with van der Waals surface area (Å²) in [5, 5.41) is 2.93. The number of carbonyl (C=O) groups is 1. The van der Waals surface area contributed by atoms with Gasteiger partial charge in [0.25, 0.3) is 5.91 Å². The summed E-state index contributed by atoms with van der Waals surface area (Å²) < 4.78 is 0.687. The van der Waals surface area contributed by atoms with E-state index in [2.05, 4.69) is 38.1 Å². The van der Waals surface area contributed by atoms with Gasteiger partial charge in [0, 0.05) is 19.1 Å². The fourth-order valence-electron chi connectivity index (χ4n) is 2.60. The number of hydrogen-bond acceptors (Lipinski definition) is 3. The van der Waals surface area contributed by atoms with E-state index in [1.165, 1.54) is 25.8 Å². The highest BCUT2D eigenvalue weighted by atomic mass is 79.9. The van der Waals surface area contributed by atoms with Gasteiger partial charge in [-0.2, -0.15) is 0 Å². The molecule has 0 bridgehead atoms. The Morgan fingerprint density at radius 2 is 2.35 bits per heavy atom. The lowest BCUT2D eigenvalue weighted by molar-refractivity contribution is 0.0943. The Balaban J connectivity index is 1.69. The fourth-order valence-corrected chi connectivity index (χ4v) is 2.94. The summed E-state index contributed by atoms with van der Waals surface area (Å²) in [5.74, 6) is -0.0991. The van der Waals surface area contributed by atoms with E-state index in [0.29, 0.717) is 22.9 Å². The Hall–Kier alpha value is -0.940. The van der Waals surface area contributed by atoms with Gasteiger partial charge in [-0.05, 0) is 60.8 Å². The highest BCUT2D eigenvalue weighted by molar-refractivity contribution is 9.10. The van der Waals surface area contributed by atoms with Crippen LogP contribution in [0.4, 0.5) is 0 Å². The van der Waals surface area contributed by atoms with Crippen LogP contribution in [0.1, 0.15) is 43.1 Å². The van der Waals surface area contributed by atoms with Crippen LogP contribution in [0.5, 0.6) is 0 Å². The first-order valence-electron chi connectivity index (χ1n) is 7.31. The zero-order valence-electron chi connectivity index (χ0n) is 11.9. The molecule has 1 amide bonds. The Bertz CT molecular complexity index is 452. The average molecular weight is 340 g/mol. The summed E-state index contributed by atoms with van der Waals surface area (Å²) in [6.07, 6.45) is 4.94. The van der Waals surface area contributed by atoms with Crippen molar-refractivity contribution < 1.29 is 4.79 Å². The molecule has 20 heavy (non-hydrogen) atoms. The molecule has 0 radical (unpaired) electrons. The summed E-state index contributed by atoms with van der Waals surface area (Å²) in [4.78, 5) is 18.6. The highest BCUT2D eigenvalue weighted by Gasteiger charge is 2.17. The van der Waals surface area contributed by atoms with Gasteiger partial charge in [-0.15, -0.1) is 0 Å². The third-order valence-electron chi connectivity index (χ3n) is 3.80. The maximum absolute atomic E-state index is 11.9. The Morgan fingerprint density at radius 3 is 3.10 bits per heavy atom. The maximum atomic E-state index is 11.9. The van der Waals surface area contributed by atoms with Crippen LogP contribution < -0.4 is 5.32 Å². The smallest absolute Gasteiger partial charge is 0.269 e. The molecule has 1 unspecified atom stereocenters. The minimum atomic E-state index is -0.0991. The number of pyridine rings is 1. The molecule has 0 spiro atoms. The zero-order valence-corrected chi connectivity index (χ0v) is 13.5. The molecule has 1 aliphatic rings.